The van der Waals surface area contributed by atoms with E-state index in [2.05, 4.69) is 40.8 Å². The normalized spacial score (nSPS) is 25.6. The van der Waals surface area contributed by atoms with Crippen LogP contribution in [0.25, 0.3) is 5.65 Å². The highest BCUT2D eigenvalue weighted by molar-refractivity contribution is 14.0. The Bertz CT molecular complexity index is 1080. The van der Waals surface area contributed by atoms with Gasteiger partial charge in [-0.3, -0.25) is 19.5 Å². The average Bonchev–Trinajstić information content (AvgIpc) is 3.53. The van der Waals surface area contributed by atoms with Crippen LogP contribution in [0.5, 0.6) is 0 Å². The monoisotopic (exact) mass is 562 g/mol. The number of likely N-dealkylation sites (tertiary alicyclic amines) is 1. The predicted molar refractivity (Wildman–Crippen MR) is 137 cm³/mol. The van der Waals surface area contributed by atoms with E-state index >= 15 is 0 Å². The average molecular weight is 562 g/mol. The second-order valence-electron chi connectivity index (χ2n) is 8.92. The van der Waals surface area contributed by atoms with Crippen molar-refractivity contribution >= 4 is 47.4 Å². The van der Waals surface area contributed by atoms with Gasteiger partial charge in [0, 0.05) is 45.0 Å². The number of guanidine groups is 1. The molecule has 0 radical (unpaired) electrons. The number of pyridine rings is 1. The highest BCUT2D eigenvalue weighted by atomic mass is 127. The molecule has 9 heteroatoms. The molecular formula is C24H31IN6O2. The van der Waals surface area contributed by atoms with Gasteiger partial charge in [-0.05, 0) is 43.7 Å². The van der Waals surface area contributed by atoms with Crippen LogP contribution in [-0.2, 0) is 16.0 Å². The number of hydrogen-bond donors (Lipinski definition) is 2. The van der Waals surface area contributed by atoms with Crippen molar-refractivity contribution in [2.24, 2.45) is 28.7 Å². The number of nitrogens with zero attached hydrogens (tertiary/aromatic N) is 4. The molecule has 8 nitrogen and oxygen atoms in total. The van der Waals surface area contributed by atoms with Gasteiger partial charge in [-0.15, -0.1) is 24.0 Å². The number of aromatic nitrogens is 2. The number of carbonyl (C=O) groups excluding carboxylic acids is 2. The highest BCUT2D eigenvalue weighted by Gasteiger charge is 2.58. The summed E-state index contributed by atoms with van der Waals surface area (Å²) in [5.74, 6) is 0.934. The lowest BCUT2D eigenvalue weighted by molar-refractivity contribution is -0.140. The molecule has 176 valence electrons. The molecule has 1 saturated carbocycles. The zero-order valence-electron chi connectivity index (χ0n) is 19.0. The topological polar surface area (TPSA) is 91.1 Å². The Morgan fingerprint density at radius 1 is 1.18 bits per heavy atom. The van der Waals surface area contributed by atoms with Crippen molar-refractivity contribution in [2.75, 3.05) is 26.2 Å². The third-order valence-electron chi connectivity index (χ3n) is 6.90. The fourth-order valence-electron chi connectivity index (χ4n) is 5.42. The van der Waals surface area contributed by atoms with E-state index in [-0.39, 0.29) is 59.5 Å². The molecule has 2 aromatic rings. The van der Waals surface area contributed by atoms with E-state index in [1.54, 1.807) is 0 Å². The van der Waals surface area contributed by atoms with E-state index in [9.17, 15) is 9.59 Å². The first-order chi connectivity index (χ1) is 15.6. The number of aryl methyl sites for hydroxylation is 1. The van der Waals surface area contributed by atoms with Crippen LogP contribution in [0.1, 0.15) is 24.6 Å². The van der Waals surface area contributed by atoms with Gasteiger partial charge in [0.05, 0.1) is 17.5 Å². The van der Waals surface area contributed by atoms with Crippen molar-refractivity contribution < 1.29 is 9.59 Å². The molecule has 3 aliphatic rings. The van der Waals surface area contributed by atoms with Crippen LogP contribution in [0.15, 0.2) is 41.7 Å². The molecule has 2 bridgehead atoms. The number of allylic oxidation sites excluding steroid dienone is 2. The van der Waals surface area contributed by atoms with Crippen LogP contribution in [0.4, 0.5) is 0 Å². The standard InChI is InChI=1S/C24H30N6O2.HI/c1-3-25-24(26-9-8-18-14-29-11-4-5-15(2)21(29)28-18)27-10-12-30-22(31)19-16-6-7-17(13-16)20(19)23(30)32;/h4-7,11,14,16-17,19-20H,3,8-10,12-13H2,1-2H3,(H2,25,26,27);1H. The number of amides is 2. The second kappa shape index (κ2) is 9.82. The van der Waals surface area contributed by atoms with Gasteiger partial charge >= 0.3 is 0 Å². The lowest BCUT2D eigenvalue weighted by atomic mass is 9.85. The van der Waals surface area contributed by atoms with Gasteiger partial charge in [0.1, 0.15) is 5.65 Å². The number of nitrogens with one attached hydrogen (secondary N) is 2. The van der Waals surface area contributed by atoms with Crippen molar-refractivity contribution in [3.8, 4) is 0 Å². The fraction of sp³-hybridized carbons (Fsp3) is 0.500. The van der Waals surface area contributed by atoms with Gasteiger partial charge in [0.25, 0.3) is 0 Å². The Morgan fingerprint density at radius 2 is 1.91 bits per heavy atom. The van der Waals surface area contributed by atoms with Crippen molar-refractivity contribution in [3.05, 3.63) is 47.9 Å². The first-order valence-corrected chi connectivity index (χ1v) is 11.6. The number of halogens is 1. The third kappa shape index (κ3) is 4.39. The summed E-state index contributed by atoms with van der Waals surface area (Å²) in [7, 11) is 0. The molecule has 0 spiro atoms. The number of imide groups is 1. The molecule has 2 amide bonds. The highest BCUT2D eigenvalue weighted by Crippen LogP contribution is 2.52. The molecule has 2 fully saturated rings. The Balaban J connectivity index is 0.00000259. The molecule has 3 heterocycles. The van der Waals surface area contributed by atoms with Crippen LogP contribution in [0.2, 0.25) is 0 Å². The van der Waals surface area contributed by atoms with E-state index in [4.69, 9.17) is 4.98 Å². The summed E-state index contributed by atoms with van der Waals surface area (Å²) in [6, 6.07) is 4.07. The van der Waals surface area contributed by atoms with Crippen LogP contribution >= 0.6 is 24.0 Å². The fourth-order valence-corrected chi connectivity index (χ4v) is 5.42. The molecule has 4 atom stereocenters. The number of imidazole rings is 1. The maximum absolute atomic E-state index is 12.8. The first kappa shape index (κ1) is 23.7. The smallest absolute Gasteiger partial charge is 0.233 e. The van der Waals surface area contributed by atoms with Crippen molar-refractivity contribution in [1.82, 2.24) is 24.9 Å². The van der Waals surface area contributed by atoms with E-state index in [0.29, 0.717) is 25.6 Å². The number of fused-ring (bicyclic) bond motifs is 6. The Kier molecular flexibility index (Phi) is 7.06. The summed E-state index contributed by atoms with van der Waals surface area (Å²) in [4.78, 5) is 36.4. The number of carbonyl (C=O) groups is 2. The molecule has 4 unspecified atom stereocenters. The summed E-state index contributed by atoms with van der Waals surface area (Å²) in [6.07, 6.45) is 9.99. The van der Waals surface area contributed by atoms with E-state index in [1.807, 2.05) is 29.8 Å². The van der Waals surface area contributed by atoms with Crippen LogP contribution in [-0.4, -0.2) is 58.2 Å². The minimum absolute atomic E-state index is 0. The molecule has 2 aliphatic carbocycles. The van der Waals surface area contributed by atoms with Gasteiger partial charge in [0.15, 0.2) is 5.96 Å². The van der Waals surface area contributed by atoms with Crippen molar-refractivity contribution in [3.63, 3.8) is 0 Å². The van der Waals surface area contributed by atoms with Crippen molar-refractivity contribution in [2.45, 2.75) is 26.7 Å². The van der Waals surface area contributed by atoms with Crippen LogP contribution < -0.4 is 10.6 Å². The SMILES string of the molecule is CCNC(=NCCc1cn2cccc(C)c2n1)NCCN1C(=O)C2C3C=CC(C3)C2C1=O.I. The summed E-state index contributed by atoms with van der Waals surface area (Å²) in [5.41, 5.74) is 3.13. The lowest BCUT2D eigenvalue weighted by Crippen LogP contribution is -2.43. The van der Waals surface area contributed by atoms with Gasteiger partial charge < -0.3 is 15.0 Å². The van der Waals surface area contributed by atoms with E-state index in [1.165, 1.54) is 4.90 Å². The summed E-state index contributed by atoms with van der Waals surface area (Å²) < 4.78 is 2.04. The van der Waals surface area contributed by atoms with Gasteiger partial charge in [-0.2, -0.15) is 0 Å². The Morgan fingerprint density at radius 3 is 2.58 bits per heavy atom. The number of rotatable bonds is 7. The maximum atomic E-state index is 12.8. The Labute approximate surface area is 210 Å². The molecule has 0 aromatic carbocycles. The van der Waals surface area contributed by atoms with Crippen molar-refractivity contribution in [1.29, 1.82) is 0 Å². The maximum Gasteiger partial charge on any atom is 0.233 e. The molecule has 33 heavy (non-hydrogen) atoms. The van der Waals surface area contributed by atoms with Crippen LogP contribution in [0, 0.1) is 30.6 Å². The van der Waals surface area contributed by atoms with E-state index in [0.717, 1.165) is 36.3 Å². The summed E-state index contributed by atoms with van der Waals surface area (Å²) in [5, 5.41) is 6.50. The summed E-state index contributed by atoms with van der Waals surface area (Å²) >= 11 is 0. The number of hydrogen-bond acceptors (Lipinski definition) is 4. The minimum Gasteiger partial charge on any atom is -0.357 e. The first-order valence-electron chi connectivity index (χ1n) is 11.6. The lowest BCUT2D eigenvalue weighted by Gasteiger charge is -2.18. The van der Waals surface area contributed by atoms with E-state index < -0.39 is 0 Å². The predicted octanol–water partition coefficient (Wildman–Crippen LogP) is 2.17. The molecule has 2 N–H and O–H groups in total. The zero-order valence-corrected chi connectivity index (χ0v) is 21.4. The largest absolute Gasteiger partial charge is 0.357 e. The quantitative estimate of drug-likeness (QED) is 0.178. The Hall–Kier alpha value is -2.43. The van der Waals surface area contributed by atoms with Crippen LogP contribution in [0.3, 0.4) is 0 Å². The van der Waals surface area contributed by atoms with Gasteiger partial charge in [-0.1, -0.05) is 18.2 Å². The summed E-state index contributed by atoms with van der Waals surface area (Å²) in [6.45, 7) is 6.26. The molecular weight excluding hydrogens is 531 g/mol. The molecule has 5 rings (SSSR count). The zero-order chi connectivity index (χ0) is 22.2. The molecule has 1 saturated heterocycles. The van der Waals surface area contributed by atoms with Gasteiger partial charge in [-0.25, -0.2) is 4.98 Å². The molecule has 2 aromatic heterocycles. The van der Waals surface area contributed by atoms with Gasteiger partial charge in [0.2, 0.25) is 11.8 Å². The molecule has 1 aliphatic heterocycles. The third-order valence-corrected chi connectivity index (χ3v) is 6.90. The number of aliphatic imine (C=N–C) groups is 1. The minimum atomic E-state index is -0.131. The second-order valence-corrected chi connectivity index (χ2v) is 8.92.